The number of nitrogens with zero attached hydrogens (tertiary/aromatic N) is 1. The first-order valence-corrected chi connectivity index (χ1v) is 10.2. The summed E-state index contributed by atoms with van der Waals surface area (Å²) in [7, 11) is 3.63. The van der Waals surface area contributed by atoms with E-state index in [-0.39, 0.29) is 0 Å². The highest BCUT2D eigenvalue weighted by atomic mass is 16.0. The Morgan fingerprint density at radius 2 is 0.400 bits per heavy atom. The minimum Gasteiger partial charge on any atom is -0.257 e. The topological polar surface area (TPSA) is 462 Å². The van der Waals surface area contributed by atoms with Crippen LogP contribution in [0.5, 0.6) is 0 Å². The molecule has 242 valence electrons. The highest BCUT2D eigenvalue weighted by molar-refractivity contribution is 4.21. The fraction of sp³-hybridized carbons (Fsp3) is 1.00. The molecule has 0 aliphatic rings. The van der Waals surface area contributed by atoms with Crippen molar-refractivity contribution in [2.75, 3.05) is 14.1 Å². The Balaban J connectivity index is 3.02. The number of nitrogens with two attached hydrogens (primary N) is 1. The van der Waals surface area contributed by atoms with Crippen LogP contribution in [0.3, 0.4) is 0 Å². The Morgan fingerprint density at radius 3 is 0.550 bits per heavy atom. The maximum absolute atomic E-state index is 4.93. The number of hydrogen-bond donors (Lipinski definition) is 37. The number of rotatable bonds is 36. The van der Waals surface area contributed by atoms with Gasteiger partial charge in [-0.2, -0.15) is 199 Å². The summed E-state index contributed by atoms with van der Waals surface area (Å²) in [5.41, 5.74) is 89.8. The molecule has 0 unspecified atom stereocenters. The lowest BCUT2D eigenvalue weighted by Crippen LogP contribution is -2.70. The van der Waals surface area contributed by atoms with Crippen molar-refractivity contribution in [3.63, 3.8) is 0 Å². The monoisotopic (exact) mass is 600 g/mol. The van der Waals surface area contributed by atoms with E-state index in [1.807, 2.05) is 14.1 Å². The summed E-state index contributed by atoms with van der Waals surface area (Å²) < 4.78 is 0. The predicted octanol–water partition coefficient (Wildman–Crippen LogP) is -18.4. The van der Waals surface area contributed by atoms with Crippen molar-refractivity contribution in [2.24, 2.45) is 5.84 Å². The van der Waals surface area contributed by atoms with Crippen molar-refractivity contribution < 1.29 is 0 Å². The van der Waals surface area contributed by atoms with Gasteiger partial charge in [-0.3, -0.25) is 5.84 Å². The first kappa shape index (κ1) is 38.5. The molecule has 0 aliphatic heterocycles. The number of hydrogen-bond acceptors (Lipinski definition) is 38. The summed E-state index contributed by atoms with van der Waals surface area (Å²) in [4.78, 5) is 0. The summed E-state index contributed by atoms with van der Waals surface area (Å²) in [6, 6.07) is 0. The van der Waals surface area contributed by atoms with Gasteiger partial charge in [0.05, 0.1) is 0 Å². The highest BCUT2D eigenvalue weighted by Crippen LogP contribution is 1.50. The lowest BCUT2D eigenvalue weighted by atomic mass is 11.2. The first-order chi connectivity index (χ1) is 19.8. The van der Waals surface area contributed by atoms with E-state index in [9.17, 15) is 0 Å². The van der Waals surface area contributed by atoms with Gasteiger partial charge in [-0.1, -0.05) is 0 Å². The second-order valence-corrected chi connectivity index (χ2v) is 5.40. The minimum atomic E-state index is 1.69. The molecule has 0 amide bonds. The molecule has 0 saturated heterocycles. The van der Waals surface area contributed by atoms with Gasteiger partial charge in [0.15, 0.2) is 0 Å². The molecular weight excluding hydrogens is 556 g/mol. The number of hydrazine groups is 37. The van der Waals surface area contributed by atoms with Crippen LogP contribution in [0, 0.1) is 0 Å². The van der Waals surface area contributed by atoms with Gasteiger partial charge in [-0.05, 0) is 0 Å². The van der Waals surface area contributed by atoms with E-state index in [1.54, 1.807) is 5.01 Å². The lowest BCUT2D eigenvalue weighted by Gasteiger charge is -2.16. The van der Waals surface area contributed by atoms with E-state index in [0.717, 1.165) is 0 Å². The molecule has 40 heavy (non-hydrogen) atoms. The van der Waals surface area contributed by atoms with Crippen LogP contribution in [0.4, 0.5) is 0 Å². The van der Waals surface area contributed by atoms with Gasteiger partial charge >= 0.3 is 0 Å². The molecule has 0 fully saturated rings. The van der Waals surface area contributed by atoms with Crippen LogP contribution in [0.25, 0.3) is 0 Å². The molecule has 0 atom stereocenters. The van der Waals surface area contributed by atoms with Crippen LogP contribution in [0.2, 0.25) is 0 Å². The zero-order chi connectivity index (χ0) is 29.0. The molecule has 0 rings (SSSR count). The lowest BCUT2D eigenvalue weighted by molar-refractivity contribution is 0.164. The van der Waals surface area contributed by atoms with Gasteiger partial charge in [0.25, 0.3) is 0 Å². The fourth-order valence-corrected chi connectivity index (χ4v) is 1.18. The van der Waals surface area contributed by atoms with Crippen LogP contribution >= 0.6 is 0 Å². The molecule has 0 aliphatic carbocycles. The van der Waals surface area contributed by atoms with Crippen LogP contribution in [-0.4, -0.2) is 19.1 Å². The molecule has 0 aromatic heterocycles. The minimum absolute atomic E-state index is 1.69. The van der Waals surface area contributed by atoms with Gasteiger partial charge in [0, 0.05) is 14.1 Å². The molecule has 38 nitrogen and oxygen atoms in total. The average molecular weight is 601 g/mol. The summed E-state index contributed by atoms with van der Waals surface area (Å²) >= 11 is 0. The van der Waals surface area contributed by atoms with E-state index in [1.165, 1.54) is 0 Å². The quantitative estimate of drug-likeness (QED) is 0.0180. The van der Waals surface area contributed by atoms with E-state index in [0.29, 0.717) is 0 Å². The zero-order valence-corrected chi connectivity index (χ0v) is 21.0. The summed E-state index contributed by atoms with van der Waals surface area (Å²) in [6.45, 7) is 0. The van der Waals surface area contributed by atoms with Gasteiger partial charge in [0.1, 0.15) is 0 Å². The number of nitrogens with one attached hydrogen (secondary N) is 36. The maximum Gasteiger partial charge on any atom is 0.00267 e. The molecule has 38 N–H and O–H groups in total. The summed E-state index contributed by atoms with van der Waals surface area (Å²) in [6.07, 6.45) is 0. The molecule has 0 aromatic rings. The van der Waals surface area contributed by atoms with Crippen molar-refractivity contribution >= 4 is 0 Å². The third-order valence-electron chi connectivity index (χ3n) is 2.41. The normalized spacial score (nSPS) is 11.7. The SMILES string of the molecule is CN(C)NNNNNNNNNNNNNNNNNNNNNNNNNNNNNNNNNNNNN. The van der Waals surface area contributed by atoms with Crippen LogP contribution in [0.1, 0.15) is 0 Å². The van der Waals surface area contributed by atoms with Crippen LogP contribution in [-0.2, 0) is 0 Å². The molecular formula is C2H44N38. The Morgan fingerprint density at radius 1 is 0.250 bits per heavy atom. The van der Waals surface area contributed by atoms with Crippen LogP contribution in [0.15, 0.2) is 0 Å². The van der Waals surface area contributed by atoms with Crippen molar-refractivity contribution in [1.29, 1.82) is 0 Å². The van der Waals surface area contributed by atoms with E-state index in [2.05, 4.69) is 199 Å². The van der Waals surface area contributed by atoms with Crippen molar-refractivity contribution in [3.8, 4) is 0 Å². The van der Waals surface area contributed by atoms with E-state index >= 15 is 0 Å². The molecule has 0 spiro atoms. The standard InChI is InChI=1S/C2H44N38/c1-40(2)39-38-37-36-35-34-33-32-31-30-29-28-27-26-25-24-23-22-21-20-19-18-17-16-15-14-13-12-11-10-9-8-7-6-5-4-3/h4-39H,3H2,1-2H3. The second kappa shape index (κ2) is 35.5. The average Bonchev–Trinajstić information content (AvgIpc) is 2.95. The van der Waals surface area contributed by atoms with Gasteiger partial charge < -0.3 is 0 Å². The van der Waals surface area contributed by atoms with Crippen molar-refractivity contribution in [1.82, 2.24) is 204 Å². The second-order valence-electron chi connectivity index (χ2n) is 5.40. The Kier molecular flexibility index (Phi) is 34.2. The Bertz CT molecular complexity index is 422. The summed E-state index contributed by atoms with van der Waals surface area (Å²) in [5, 5.41) is 1.69. The van der Waals surface area contributed by atoms with E-state index in [4.69, 9.17) is 5.84 Å². The Hall–Kier alpha value is -1.52. The largest absolute Gasteiger partial charge is 0.257 e. The molecule has 0 radical (unpaired) electrons. The fourth-order valence-electron chi connectivity index (χ4n) is 1.18. The predicted molar refractivity (Wildman–Crippen MR) is 131 cm³/mol. The highest BCUT2D eigenvalue weighted by Gasteiger charge is 1.87. The van der Waals surface area contributed by atoms with Crippen LogP contribution < -0.4 is 205 Å². The van der Waals surface area contributed by atoms with Crippen molar-refractivity contribution in [2.45, 2.75) is 0 Å². The van der Waals surface area contributed by atoms with Crippen molar-refractivity contribution in [3.05, 3.63) is 0 Å². The first-order valence-electron chi connectivity index (χ1n) is 10.2. The van der Waals surface area contributed by atoms with Gasteiger partial charge in [0.2, 0.25) is 0 Å². The van der Waals surface area contributed by atoms with E-state index < -0.39 is 0 Å². The molecule has 0 saturated carbocycles. The molecule has 0 aromatic carbocycles. The summed E-state index contributed by atoms with van der Waals surface area (Å²) in [5.74, 6) is 4.93. The van der Waals surface area contributed by atoms with Gasteiger partial charge in [-0.25, -0.2) is 5.01 Å². The Labute approximate surface area is 225 Å². The maximum atomic E-state index is 4.93. The molecule has 0 heterocycles. The van der Waals surface area contributed by atoms with Gasteiger partial charge in [-0.15, -0.1) is 0 Å². The third-order valence-corrected chi connectivity index (χ3v) is 2.41. The smallest absolute Gasteiger partial charge is 0.00267 e. The molecule has 0 bridgehead atoms. The molecule has 38 heteroatoms. The third kappa shape index (κ3) is 36.5. The zero-order valence-electron chi connectivity index (χ0n) is 21.0.